The summed E-state index contributed by atoms with van der Waals surface area (Å²) in [5.74, 6) is 2.07. The summed E-state index contributed by atoms with van der Waals surface area (Å²) in [6.07, 6.45) is 0.912. The Morgan fingerprint density at radius 1 is 0.762 bits per heavy atom. The van der Waals surface area contributed by atoms with E-state index in [0.29, 0.717) is 0 Å². The topological polar surface area (TPSA) is 52.0 Å². The zero-order valence-electron chi connectivity index (χ0n) is 12.6. The molecule has 0 saturated carbocycles. The van der Waals surface area contributed by atoms with E-state index in [1.165, 1.54) is 20.9 Å². The van der Waals surface area contributed by atoms with Crippen LogP contribution in [0.5, 0.6) is 0 Å². The zero-order valence-corrected chi connectivity index (χ0v) is 14.2. The van der Waals surface area contributed by atoms with Crippen molar-refractivity contribution in [1.29, 1.82) is 0 Å². The largest absolute Gasteiger partial charge is 0.398 e. The van der Waals surface area contributed by atoms with Gasteiger partial charge in [0.05, 0.1) is 0 Å². The van der Waals surface area contributed by atoms with Gasteiger partial charge in [-0.1, -0.05) is 26.0 Å². The molecule has 2 aromatic carbocycles. The maximum absolute atomic E-state index is 6.01. The molecule has 0 radical (unpaired) electrons. The average molecular weight is 319 g/mol. The van der Waals surface area contributed by atoms with Crippen LogP contribution in [0.25, 0.3) is 0 Å². The fourth-order valence-electron chi connectivity index (χ4n) is 2.17. The molecule has 0 atom stereocenters. The van der Waals surface area contributed by atoms with Gasteiger partial charge in [-0.2, -0.15) is 0 Å². The van der Waals surface area contributed by atoms with E-state index in [2.05, 4.69) is 38.1 Å². The third kappa shape index (κ3) is 4.35. The maximum atomic E-state index is 6.01. The number of nitrogen functional groups attached to an aromatic ring is 2. The van der Waals surface area contributed by atoms with E-state index < -0.39 is 0 Å². The molecule has 21 heavy (non-hydrogen) atoms. The van der Waals surface area contributed by atoms with Crippen LogP contribution in [0.15, 0.2) is 46.2 Å². The maximum Gasteiger partial charge on any atom is 0.0452 e. The monoisotopic (exact) mass is 318 g/mol. The van der Waals surface area contributed by atoms with Gasteiger partial charge in [-0.25, -0.2) is 0 Å². The van der Waals surface area contributed by atoms with E-state index >= 15 is 0 Å². The highest BCUT2D eigenvalue weighted by molar-refractivity contribution is 7.99. The van der Waals surface area contributed by atoms with Crippen molar-refractivity contribution in [2.24, 2.45) is 0 Å². The van der Waals surface area contributed by atoms with Crippen molar-refractivity contribution in [2.75, 3.05) is 23.0 Å². The van der Waals surface area contributed by atoms with E-state index in [1.807, 2.05) is 12.1 Å². The van der Waals surface area contributed by atoms with Gasteiger partial charge in [0.15, 0.2) is 0 Å². The first-order valence-electron chi connectivity index (χ1n) is 7.16. The third-order valence-corrected chi connectivity index (χ3v) is 5.07. The predicted molar refractivity (Wildman–Crippen MR) is 97.3 cm³/mol. The van der Waals surface area contributed by atoms with Gasteiger partial charge in [-0.05, 0) is 53.3 Å². The summed E-state index contributed by atoms with van der Waals surface area (Å²) in [4.78, 5) is 2.35. The Morgan fingerprint density at radius 3 is 1.57 bits per heavy atom. The molecular weight excluding hydrogens is 296 g/mol. The van der Waals surface area contributed by atoms with Crippen LogP contribution < -0.4 is 11.5 Å². The Hall–Kier alpha value is -1.26. The summed E-state index contributed by atoms with van der Waals surface area (Å²) >= 11 is 3.58. The Morgan fingerprint density at radius 2 is 1.19 bits per heavy atom. The lowest BCUT2D eigenvalue weighted by atomic mass is 10.0. The van der Waals surface area contributed by atoms with Crippen LogP contribution >= 0.6 is 23.5 Å². The lowest BCUT2D eigenvalue weighted by Crippen LogP contribution is -1.95. The molecule has 4 N–H and O–H groups in total. The van der Waals surface area contributed by atoms with E-state index in [9.17, 15) is 0 Å². The number of benzene rings is 2. The van der Waals surface area contributed by atoms with Crippen molar-refractivity contribution in [3.8, 4) is 0 Å². The average Bonchev–Trinajstić information content (AvgIpc) is 2.47. The second kappa shape index (κ2) is 7.66. The number of anilines is 2. The van der Waals surface area contributed by atoms with E-state index in [4.69, 9.17) is 11.5 Å². The Balaban J connectivity index is 2.21. The van der Waals surface area contributed by atoms with Crippen molar-refractivity contribution in [3.05, 3.63) is 47.5 Å². The van der Waals surface area contributed by atoms with Crippen molar-refractivity contribution in [1.82, 2.24) is 0 Å². The van der Waals surface area contributed by atoms with Gasteiger partial charge >= 0.3 is 0 Å². The predicted octanol–water partition coefficient (Wildman–Crippen LogP) is 4.67. The summed E-state index contributed by atoms with van der Waals surface area (Å²) in [5.41, 5.74) is 16.3. The first kappa shape index (κ1) is 16.1. The van der Waals surface area contributed by atoms with Crippen LogP contribution in [0.2, 0.25) is 0 Å². The first-order chi connectivity index (χ1) is 10.1. The van der Waals surface area contributed by atoms with Gasteiger partial charge < -0.3 is 11.5 Å². The molecule has 0 aliphatic rings. The Kier molecular flexibility index (Phi) is 5.88. The van der Waals surface area contributed by atoms with Gasteiger partial charge in [0, 0.05) is 21.2 Å². The van der Waals surface area contributed by atoms with Gasteiger partial charge in [0.1, 0.15) is 0 Å². The van der Waals surface area contributed by atoms with Crippen LogP contribution in [-0.2, 0) is 6.42 Å². The molecule has 0 aromatic heterocycles. The Labute approximate surface area is 135 Å². The molecule has 0 saturated heterocycles. The number of hydrogen-bond acceptors (Lipinski definition) is 4. The second-order valence-corrected chi connectivity index (χ2v) is 7.40. The SMILES string of the molecule is CCSc1cc(Cc2ccc(N)c(SCC)c2)ccc1N. The van der Waals surface area contributed by atoms with E-state index in [1.54, 1.807) is 23.5 Å². The molecule has 0 aliphatic heterocycles. The van der Waals surface area contributed by atoms with E-state index in [-0.39, 0.29) is 0 Å². The third-order valence-electron chi connectivity index (χ3n) is 3.16. The summed E-state index contributed by atoms with van der Waals surface area (Å²) in [7, 11) is 0. The number of nitrogens with two attached hydrogens (primary N) is 2. The molecule has 0 heterocycles. The van der Waals surface area contributed by atoms with Gasteiger partial charge in [-0.15, -0.1) is 23.5 Å². The minimum atomic E-state index is 0.866. The van der Waals surface area contributed by atoms with Crippen molar-refractivity contribution < 1.29 is 0 Å². The van der Waals surface area contributed by atoms with Crippen LogP contribution in [0.1, 0.15) is 25.0 Å². The van der Waals surface area contributed by atoms with Crippen molar-refractivity contribution in [2.45, 2.75) is 30.1 Å². The van der Waals surface area contributed by atoms with Crippen LogP contribution in [0.3, 0.4) is 0 Å². The van der Waals surface area contributed by atoms with E-state index in [0.717, 1.165) is 29.3 Å². The van der Waals surface area contributed by atoms with Gasteiger partial charge in [-0.3, -0.25) is 0 Å². The number of thioether (sulfide) groups is 2. The van der Waals surface area contributed by atoms with Crippen LogP contribution in [-0.4, -0.2) is 11.5 Å². The fraction of sp³-hybridized carbons (Fsp3) is 0.294. The molecular formula is C17H22N2S2. The van der Waals surface area contributed by atoms with Crippen molar-refractivity contribution in [3.63, 3.8) is 0 Å². The van der Waals surface area contributed by atoms with Crippen molar-refractivity contribution >= 4 is 34.9 Å². The van der Waals surface area contributed by atoms with Crippen LogP contribution in [0, 0.1) is 0 Å². The molecule has 0 bridgehead atoms. The summed E-state index contributed by atoms with van der Waals surface area (Å²) in [6, 6.07) is 12.6. The number of hydrogen-bond donors (Lipinski definition) is 2. The molecule has 112 valence electrons. The highest BCUT2D eigenvalue weighted by atomic mass is 32.2. The lowest BCUT2D eigenvalue weighted by molar-refractivity contribution is 1.16. The summed E-state index contributed by atoms with van der Waals surface area (Å²) in [6.45, 7) is 4.29. The second-order valence-electron chi connectivity index (χ2n) is 4.79. The molecule has 2 nitrogen and oxygen atoms in total. The van der Waals surface area contributed by atoms with Gasteiger partial charge in [0.2, 0.25) is 0 Å². The standard InChI is InChI=1S/C17H22N2S2/c1-3-20-16-10-12(5-7-14(16)18)9-13-6-8-15(19)17(11-13)21-4-2/h5-8,10-11H,3-4,9,18-19H2,1-2H3. The highest BCUT2D eigenvalue weighted by Crippen LogP contribution is 2.29. The quantitative estimate of drug-likeness (QED) is 0.600. The van der Waals surface area contributed by atoms with Crippen LogP contribution in [0.4, 0.5) is 11.4 Å². The zero-order chi connectivity index (χ0) is 15.2. The molecule has 2 rings (SSSR count). The number of rotatable bonds is 6. The smallest absolute Gasteiger partial charge is 0.0452 e. The molecule has 0 spiro atoms. The lowest BCUT2D eigenvalue weighted by Gasteiger charge is -2.10. The molecule has 0 unspecified atom stereocenters. The first-order valence-corrected chi connectivity index (χ1v) is 9.13. The molecule has 0 fully saturated rings. The highest BCUT2D eigenvalue weighted by Gasteiger charge is 2.05. The minimum absolute atomic E-state index is 0.866. The minimum Gasteiger partial charge on any atom is -0.398 e. The van der Waals surface area contributed by atoms with Gasteiger partial charge in [0.25, 0.3) is 0 Å². The molecule has 2 aromatic rings. The molecule has 0 aliphatic carbocycles. The summed E-state index contributed by atoms with van der Waals surface area (Å²) < 4.78 is 0. The normalized spacial score (nSPS) is 10.8. The Bertz CT molecular complexity index is 558. The molecule has 0 amide bonds. The molecule has 4 heteroatoms. The fourth-order valence-corrected chi connectivity index (χ4v) is 3.74. The summed E-state index contributed by atoms with van der Waals surface area (Å²) in [5, 5.41) is 0.